The van der Waals surface area contributed by atoms with Gasteiger partial charge in [0.05, 0.1) is 18.3 Å². The van der Waals surface area contributed by atoms with Gasteiger partial charge >= 0.3 is 5.97 Å². The van der Waals surface area contributed by atoms with Crippen LogP contribution in [0.25, 0.3) is 0 Å². The van der Waals surface area contributed by atoms with Gasteiger partial charge in [-0.2, -0.15) is 0 Å². The summed E-state index contributed by atoms with van der Waals surface area (Å²) in [5.74, 6) is -0.385. The van der Waals surface area contributed by atoms with Crippen LogP contribution >= 0.6 is 0 Å². The molecule has 0 heterocycles. The van der Waals surface area contributed by atoms with Gasteiger partial charge in [-0.05, 0) is 31.6 Å². The molecule has 1 N–H and O–H groups in total. The highest BCUT2D eigenvalue weighted by molar-refractivity contribution is 7.90. The number of nitrogens with one attached hydrogen (secondary N) is 1. The second-order valence-corrected chi connectivity index (χ2v) is 6.92. The fourth-order valence-corrected chi connectivity index (χ4v) is 4.22. The molecule has 2 rings (SSSR count). The predicted octanol–water partition coefficient (Wildman–Crippen LogP) is 0.657. The molecule has 17 heavy (non-hydrogen) atoms. The summed E-state index contributed by atoms with van der Waals surface area (Å²) in [6.07, 6.45) is 4.15. The first-order valence-electron chi connectivity index (χ1n) is 6.11. The number of carbonyl (C=O) groups is 1. The molecule has 5 nitrogen and oxygen atoms in total. The molecule has 2 fully saturated rings. The van der Waals surface area contributed by atoms with Crippen LogP contribution in [0.3, 0.4) is 0 Å². The third kappa shape index (κ3) is 2.98. The van der Waals surface area contributed by atoms with Crippen LogP contribution in [0.5, 0.6) is 0 Å². The number of hydrogen-bond donors (Lipinski definition) is 1. The number of rotatable bonds is 5. The number of ether oxygens (including phenoxy) is 1. The van der Waals surface area contributed by atoms with E-state index in [0.29, 0.717) is 25.3 Å². The first-order valence-corrected chi connectivity index (χ1v) is 7.65. The highest BCUT2D eigenvalue weighted by Crippen LogP contribution is 2.33. The molecule has 0 aromatic heterocycles. The van der Waals surface area contributed by atoms with Crippen LogP contribution in [0.4, 0.5) is 0 Å². The first kappa shape index (κ1) is 12.8. The molecule has 0 spiro atoms. The van der Waals surface area contributed by atoms with Crippen molar-refractivity contribution in [2.75, 3.05) is 13.7 Å². The van der Waals surface area contributed by atoms with Crippen LogP contribution in [-0.2, 0) is 19.6 Å². The average Bonchev–Trinajstić information content (AvgIpc) is 3.00. The lowest BCUT2D eigenvalue weighted by Gasteiger charge is -2.18. The van der Waals surface area contributed by atoms with Crippen LogP contribution in [0.2, 0.25) is 0 Å². The molecular weight excluding hydrogens is 242 g/mol. The van der Waals surface area contributed by atoms with E-state index in [0.717, 1.165) is 19.3 Å². The van der Waals surface area contributed by atoms with Crippen molar-refractivity contribution in [3.8, 4) is 0 Å². The molecule has 0 aromatic carbocycles. The molecule has 2 saturated carbocycles. The minimum atomic E-state index is -3.37. The van der Waals surface area contributed by atoms with Crippen molar-refractivity contribution in [1.29, 1.82) is 0 Å². The highest BCUT2D eigenvalue weighted by Gasteiger charge is 2.42. The van der Waals surface area contributed by atoms with Gasteiger partial charge in [-0.3, -0.25) is 4.79 Å². The smallest absolute Gasteiger partial charge is 0.310 e. The molecule has 98 valence electrons. The van der Waals surface area contributed by atoms with Crippen LogP contribution in [0.1, 0.15) is 32.1 Å². The number of carbonyl (C=O) groups excluding carboxylic acids is 1. The van der Waals surface area contributed by atoms with E-state index < -0.39 is 27.2 Å². The second kappa shape index (κ2) is 4.94. The molecule has 0 aliphatic heterocycles. The number of sulfonamides is 1. The van der Waals surface area contributed by atoms with E-state index in [9.17, 15) is 13.2 Å². The minimum absolute atomic E-state index is 0.399. The summed E-state index contributed by atoms with van der Waals surface area (Å²) in [6.45, 7) is 0.521. The molecule has 2 unspecified atom stereocenters. The molecular formula is C11H19NO4S. The molecule has 0 aromatic rings. The van der Waals surface area contributed by atoms with E-state index in [1.54, 1.807) is 0 Å². The lowest BCUT2D eigenvalue weighted by molar-refractivity contribution is -0.145. The maximum atomic E-state index is 12.1. The molecule has 0 saturated heterocycles. The monoisotopic (exact) mass is 261 g/mol. The first-order chi connectivity index (χ1) is 8.04. The highest BCUT2D eigenvalue weighted by atomic mass is 32.2. The van der Waals surface area contributed by atoms with Crippen molar-refractivity contribution in [3.63, 3.8) is 0 Å². The molecule has 2 aliphatic rings. The molecule has 0 bridgehead atoms. The molecule has 0 radical (unpaired) electrons. The molecule has 0 amide bonds. The van der Waals surface area contributed by atoms with Gasteiger partial charge in [-0.15, -0.1) is 0 Å². The van der Waals surface area contributed by atoms with E-state index in [4.69, 9.17) is 0 Å². The summed E-state index contributed by atoms with van der Waals surface area (Å²) in [4.78, 5) is 11.5. The van der Waals surface area contributed by atoms with Crippen LogP contribution in [0, 0.1) is 11.8 Å². The third-order valence-electron chi connectivity index (χ3n) is 3.63. The van der Waals surface area contributed by atoms with Gasteiger partial charge in [0.25, 0.3) is 0 Å². The van der Waals surface area contributed by atoms with Crippen LogP contribution in [-0.4, -0.2) is 33.3 Å². The summed E-state index contributed by atoms with van der Waals surface area (Å²) < 4.78 is 31.5. The predicted molar refractivity (Wildman–Crippen MR) is 62.8 cm³/mol. The number of esters is 1. The molecule has 6 heteroatoms. The van der Waals surface area contributed by atoms with Crippen molar-refractivity contribution < 1.29 is 17.9 Å². The maximum Gasteiger partial charge on any atom is 0.310 e. The standard InChI is InChI=1S/C11H19NO4S/c1-16-11(13)9-3-2-4-10(9)17(14,15)12-7-8-5-6-8/h8-10,12H,2-7H2,1H3. The Labute approximate surface area is 102 Å². The van der Waals surface area contributed by atoms with Gasteiger partial charge in [0, 0.05) is 6.54 Å². The van der Waals surface area contributed by atoms with E-state index >= 15 is 0 Å². The van der Waals surface area contributed by atoms with E-state index in [1.165, 1.54) is 7.11 Å². The quantitative estimate of drug-likeness (QED) is 0.738. The fourth-order valence-electron chi connectivity index (χ4n) is 2.38. The van der Waals surface area contributed by atoms with Crippen molar-refractivity contribution >= 4 is 16.0 Å². The number of hydrogen-bond acceptors (Lipinski definition) is 4. The molecule has 2 atom stereocenters. The van der Waals surface area contributed by atoms with Crippen molar-refractivity contribution in [3.05, 3.63) is 0 Å². The Morgan fingerprint density at radius 1 is 1.29 bits per heavy atom. The third-order valence-corrected chi connectivity index (χ3v) is 5.56. The van der Waals surface area contributed by atoms with Gasteiger partial charge < -0.3 is 4.74 Å². The lowest BCUT2D eigenvalue weighted by atomic mass is 10.1. The average molecular weight is 261 g/mol. The zero-order valence-corrected chi connectivity index (χ0v) is 10.8. The Morgan fingerprint density at radius 3 is 2.59 bits per heavy atom. The van der Waals surface area contributed by atoms with E-state index in [2.05, 4.69) is 9.46 Å². The van der Waals surface area contributed by atoms with Crippen LogP contribution < -0.4 is 4.72 Å². The summed E-state index contributed by atoms with van der Waals surface area (Å²) in [7, 11) is -2.06. The second-order valence-electron chi connectivity index (χ2n) is 4.94. The Balaban J connectivity index is 2.00. The Kier molecular flexibility index (Phi) is 3.73. The summed E-state index contributed by atoms with van der Waals surface area (Å²) in [5, 5.41) is -0.603. The molecule has 2 aliphatic carbocycles. The van der Waals surface area contributed by atoms with Crippen molar-refractivity contribution in [1.82, 2.24) is 4.72 Å². The SMILES string of the molecule is COC(=O)C1CCCC1S(=O)(=O)NCC1CC1. The summed E-state index contributed by atoms with van der Waals surface area (Å²) >= 11 is 0. The topological polar surface area (TPSA) is 72.5 Å². The zero-order chi connectivity index (χ0) is 12.5. The van der Waals surface area contributed by atoms with Crippen LogP contribution in [0.15, 0.2) is 0 Å². The Bertz CT molecular complexity index is 388. The van der Waals surface area contributed by atoms with Crippen molar-refractivity contribution in [2.24, 2.45) is 11.8 Å². The van der Waals surface area contributed by atoms with Gasteiger partial charge in [-0.1, -0.05) is 6.42 Å². The van der Waals surface area contributed by atoms with E-state index in [1.807, 2.05) is 0 Å². The Hall–Kier alpha value is -0.620. The van der Waals surface area contributed by atoms with Crippen molar-refractivity contribution in [2.45, 2.75) is 37.4 Å². The normalized spacial score (nSPS) is 29.2. The summed E-state index contributed by atoms with van der Waals surface area (Å²) in [5.41, 5.74) is 0. The largest absolute Gasteiger partial charge is 0.469 e. The Morgan fingerprint density at radius 2 is 2.00 bits per heavy atom. The van der Waals surface area contributed by atoms with Gasteiger partial charge in [0.15, 0.2) is 0 Å². The van der Waals surface area contributed by atoms with E-state index in [-0.39, 0.29) is 0 Å². The van der Waals surface area contributed by atoms with Gasteiger partial charge in [0.1, 0.15) is 0 Å². The number of methoxy groups -OCH3 is 1. The minimum Gasteiger partial charge on any atom is -0.469 e. The fraction of sp³-hybridized carbons (Fsp3) is 0.909. The van der Waals surface area contributed by atoms with Gasteiger partial charge in [0.2, 0.25) is 10.0 Å². The lowest BCUT2D eigenvalue weighted by Crippen LogP contribution is -2.40. The summed E-state index contributed by atoms with van der Waals surface area (Å²) in [6, 6.07) is 0. The zero-order valence-electron chi connectivity index (χ0n) is 10.0. The maximum absolute atomic E-state index is 12.1. The van der Waals surface area contributed by atoms with Gasteiger partial charge in [-0.25, -0.2) is 13.1 Å².